The Balaban J connectivity index is 1.43. The Bertz CT molecular complexity index is 1380. The number of amides is 2. The summed E-state index contributed by atoms with van der Waals surface area (Å²) >= 11 is 1.42. The average Bonchev–Trinajstić information content (AvgIpc) is 2.93. The number of Topliss-reactive ketones (excluding diaryl/α,β-unsaturated/α-hetero) is 1. The second-order valence-electron chi connectivity index (χ2n) is 8.29. The third-order valence-electron chi connectivity index (χ3n) is 5.50. The fourth-order valence-electron chi connectivity index (χ4n) is 3.57. The highest BCUT2D eigenvalue weighted by Gasteiger charge is 2.22. The molecule has 184 valence electrons. The van der Waals surface area contributed by atoms with Gasteiger partial charge in [0.25, 0.3) is 0 Å². The van der Waals surface area contributed by atoms with Crippen molar-refractivity contribution in [3.05, 3.63) is 132 Å². The van der Waals surface area contributed by atoms with Crippen LogP contribution >= 0.6 is 11.8 Å². The molecule has 0 heterocycles. The third kappa shape index (κ3) is 7.53. The van der Waals surface area contributed by atoms with Crippen LogP contribution in [0.3, 0.4) is 0 Å². The SMILES string of the molecule is CC(=O)c1ccc(NC(=O)C(Sc2ccc(NC(=O)/C=C/c3ccccc3)cc2)c2ccccc2)cc1. The van der Waals surface area contributed by atoms with Gasteiger partial charge in [-0.2, -0.15) is 0 Å². The molecule has 4 aromatic rings. The normalized spacial score (nSPS) is 11.6. The Hall–Kier alpha value is -4.42. The number of thioether (sulfide) groups is 1. The minimum Gasteiger partial charge on any atom is -0.325 e. The lowest BCUT2D eigenvalue weighted by atomic mass is 10.1. The molecule has 2 amide bonds. The van der Waals surface area contributed by atoms with E-state index in [1.54, 1.807) is 30.3 Å². The molecule has 0 aliphatic rings. The van der Waals surface area contributed by atoms with Gasteiger partial charge in [0.2, 0.25) is 11.8 Å². The summed E-state index contributed by atoms with van der Waals surface area (Å²) in [5, 5.41) is 5.31. The number of carbonyl (C=O) groups excluding carboxylic acids is 3. The van der Waals surface area contributed by atoms with E-state index >= 15 is 0 Å². The fraction of sp³-hybridized carbons (Fsp3) is 0.0645. The molecule has 5 nitrogen and oxygen atoms in total. The van der Waals surface area contributed by atoms with Crippen molar-refractivity contribution in [3.63, 3.8) is 0 Å². The van der Waals surface area contributed by atoms with Crippen molar-refractivity contribution in [2.24, 2.45) is 0 Å². The second kappa shape index (κ2) is 12.5. The van der Waals surface area contributed by atoms with Crippen LogP contribution in [-0.2, 0) is 9.59 Å². The maximum atomic E-state index is 13.3. The maximum absolute atomic E-state index is 13.3. The van der Waals surface area contributed by atoms with Crippen molar-refractivity contribution in [1.29, 1.82) is 0 Å². The summed E-state index contributed by atoms with van der Waals surface area (Å²) in [5.41, 5.74) is 3.70. The van der Waals surface area contributed by atoms with Crippen molar-refractivity contribution in [2.45, 2.75) is 17.1 Å². The van der Waals surface area contributed by atoms with Crippen LogP contribution in [0.25, 0.3) is 6.08 Å². The molecule has 0 saturated heterocycles. The Morgan fingerprint density at radius 2 is 1.27 bits per heavy atom. The van der Waals surface area contributed by atoms with Gasteiger partial charge in [0.15, 0.2) is 5.78 Å². The average molecular weight is 507 g/mol. The number of benzene rings is 4. The summed E-state index contributed by atoms with van der Waals surface area (Å²) < 4.78 is 0. The van der Waals surface area contributed by atoms with Crippen LogP contribution in [0, 0.1) is 0 Å². The van der Waals surface area contributed by atoms with E-state index < -0.39 is 5.25 Å². The largest absolute Gasteiger partial charge is 0.325 e. The van der Waals surface area contributed by atoms with Gasteiger partial charge in [-0.1, -0.05) is 60.7 Å². The molecule has 0 radical (unpaired) electrons. The van der Waals surface area contributed by atoms with Crippen LogP contribution in [-0.4, -0.2) is 17.6 Å². The molecule has 2 N–H and O–H groups in total. The van der Waals surface area contributed by atoms with Gasteiger partial charge in [0, 0.05) is 27.9 Å². The van der Waals surface area contributed by atoms with E-state index in [4.69, 9.17) is 0 Å². The predicted molar refractivity (Wildman–Crippen MR) is 151 cm³/mol. The molecule has 37 heavy (non-hydrogen) atoms. The quantitative estimate of drug-likeness (QED) is 0.145. The fourth-order valence-corrected chi connectivity index (χ4v) is 4.59. The molecule has 1 unspecified atom stereocenters. The highest BCUT2D eigenvalue weighted by Crippen LogP contribution is 2.36. The van der Waals surface area contributed by atoms with E-state index in [0.717, 1.165) is 16.0 Å². The topological polar surface area (TPSA) is 75.3 Å². The van der Waals surface area contributed by atoms with Gasteiger partial charge >= 0.3 is 0 Å². The molecule has 0 aliphatic carbocycles. The summed E-state index contributed by atoms with van der Waals surface area (Å²) in [7, 11) is 0. The van der Waals surface area contributed by atoms with Crippen molar-refractivity contribution in [3.8, 4) is 0 Å². The van der Waals surface area contributed by atoms with Gasteiger partial charge < -0.3 is 10.6 Å². The van der Waals surface area contributed by atoms with E-state index in [9.17, 15) is 14.4 Å². The minimum atomic E-state index is -0.497. The first-order valence-corrected chi connectivity index (χ1v) is 12.6. The van der Waals surface area contributed by atoms with Gasteiger partial charge in [0.05, 0.1) is 0 Å². The number of ketones is 1. The van der Waals surface area contributed by atoms with Crippen LogP contribution < -0.4 is 10.6 Å². The lowest BCUT2D eigenvalue weighted by Gasteiger charge is -2.17. The Kier molecular flexibility index (Phi) is 8.68. The van der Waals surface area contributed by atoms with Crippen LogP contribution in [0.15, 0.2) is 120 Å². The van der Waals surface area contributed by atoms with Gasteiger partial charge in [0.1, 0.15) is 5.25 Å². The van der Waals surface area contributed by atoms with E-state index in [1.807, 2.05) is 84.9 Å². The van der Waals surface area contributed by atoms with Crippen molar-refractivity contribution >= 4 is 46.8 Å². The van der Waals surface area contributed by atoms with Gasteiger partial charge in [-0.25, -0.2) is 0 Å². The van der Waals surface area contributed by atoms with Gasteiger partial charge in [-0.05, 0) is 72.7 Å². The minimum absolute atomic E-state index is 0.0255. The zero-order valence-electron chi connectivity index (χ0n) is 20.3. The number of nitrogens with one attached hydrogen (secondary N) is 2. The van der Waals surface area contributed by atoms with Crippen molar-refractivity contribution < 1.29 is 14.4 Å². The highest BCUT2D eigenvalue weighted by molar-refractivity contribution is 8.00. The summed E-state index contributed by atoms with van der Waals surface area (Å²) in [4.78, 5) is 38.0. The number of hydrogen-bond acceptors (Lipinski definition) is 4. The number of anilines is 2. The molecule has 4 aromatic carbocycles. The van der Waals surface area contributed by atoms with Crippen molar-refractivity contribution in [1.82, 2.24) is 0 Å². The first-order chi connectivity index (χ1) is 18.0. The predicted octanol–water partition coefficient (Wildman–Crippen LogP) is 7.01. The number of hydrogen-bond donors (Lipinski definition) is 2. The molecule has 0 spiro atoms. The maximum Gasteiger partial charge on any atom is 0.248 e. The van der Waals surface area contributed by atoms with Crippen LogP contribution in [0.4, 0.5) is 11.4 Å². The molecular formula is C31H26N2O3S. The summed E-state index contributed by atoms with van der Waals surface area (Å²) in [6.07, 6.45) is 3.26. The molecule has 0 aliphatic heterocycles. The molecule has 0 saturated carbocycles. The lowest BCUT2D eigenvalue weighted by molar-refractivity contribution is -0.116. The molecule has 0 bridgehead atoms. The van der Waals surface area contributed by atoms with E-state index in [2.05, 4.69) is 10.6 Å². The van der Waals surface area contributed by atoms with Gasteiger partial charge in [-0.3, -0.25) is 14.4 Å². The first-order valence-electron chi connectivity index (χ1n) is 11.8. The monoisotopic (exact) mass is 506 g/mol. The molecule has 4 rings (SSSR count). The van der Waals surface area contributed by atoms with Crippen LogP contribution in [0.1, 0.15) is 33.7 Å². The second-order valence-corrected chi connectivity index (χ2v) is 9.47. The Morgan fingerprint density at radius 3 is 1.89 bits per heavy atom. The first kappa shape index (κ1) is 25.7. The zero-order chi connectivity index (χ0) is 26.0. The summed E-state index contributed by atoms with van der Waals surface area (Å²) in [5.74, 6) is -0.417. The van der Waals surface area contributed by atoms with Crippen LogP contribution in [0.5, 0.6) is 0 Å². The molecular weight excluding hydrogens is 480 g/mol. The Morgan fingerprint density at radius 1 is 0.703 bits per heavy atom. The van der Waals surface area contributed by atoms with Crippen molar-refractivity contribution in [2.75, 3.05) is 10.6 Å². The van der Waals surface area contributed by atoms with Crippen LogP contribution in [0.2, 0.25) is 0 Å². The number of rotatable bonds is 9. The summed E-state index contributed by atoms with van der Waals surface area (Å²) in [6.45, 7) is 1.51. The van der Waals surface area contributed by atoms with Gasteiger partial charge in [-0.15, -0.1) is 11.8 Å². The smallest absolute Gasteiger partial charge is 0.248 e. The molecule has 0 fully saturated rings. The molecule has 1 atom stereocenters. The third-order valence-corrected chi connectivity index (χ3v) is 6.77. The molecule has 0 aromatic heterocycles. The standard InChI is InChI=1S/C31H26N2O3S/c1-22(34)24-13-15-27(16-14-24)33-31(36)30(25-10-6-3-7-11-25)37-28-19-17-26(18-20-28)32-29(35)21-12-23-8-4-2-5-9-23/h2-21,30H,1H3,(H,32,35)(H,33,36)/b21-12+. The van der Waals surface area contributed by atoms with E-state index in [0.29, 0.717) is 16.9 Å². The highest BCUT2D eigenvalue weighted by atomic mass is 32.2. The Labute approximate surface area is 220 Å². The van der Waals surface area contributed by atoms with E-state index in [1.165, 1.54) is 24.8 Å². The lowest BCUT2D eigenvalue weighted by Crippen LogP contribution is -2.19. The molecule has 6 heteroatoms. The van der Waals surface area contributed by atoms with E-state index in [-0.39, 0.29) is 17.6 Å². The number of carbonyl (C=O) groups is 3. The summed E-state index contributed by atoms with van der Waals surface area (Å²) in [6, 6.07) is 33.4. The zero-order valence-corrected chi connectivity index (χ0v) is 21.1.